The Morgan fingerprint density at radius 3 is 2.86 bits per heavy atom. The van der Waals surface area contributed by atoms with Crippen LogP contribution in [0.1, 0.15) is 26.7 Å². The molecule has 5 nitrogen and oxygen atoms in total. The summed E-state index contributed by atoms with van der Waals surface area (Å²) in [5, 5.41) is 6.57. The van der Waals surface area contributed by atoms with Gasteiger partial charge in [-0.05, 0) is 31.0 Å². The predicted molar refractivity (Wildman–Crippen MR) is 84.8 cm³/mol. The highest BCUT2D eigenvalue weighted by Crippen LogP contribution is 2.34. The van der Waals surface area contributed by atoms with Gasteiger partial charge in [0, 0.05) is 11.6 Å². The van der Waals surface area contributed by atoms with Crippen LogP contribution in [0.15, 0.2) is 18.2 Å². The van der Waals surface area contributed by atoms with E-state index in [2.05, 4.69) is 10.6 Å². The van der Waals surface area contributed by atoms with E-state index in [-0.39, 0.29) is 24.4 Å². The van der Waals surface area contributed by atoms with Gasteiger partial charge in [0.1, 0.15) is 12.6 Å². The van der Waals surface area contributed by atoms with Crippen molar-refractivity contribution in [3.05, 3.63) is 23.2 Å². The summed E-state index contributed by atoms with van der Waals surface area (Å²) in [6.45, 7) is 4.57. The quantitative estimate of drug-likeness (QED) is 0.878. The van der Waals surface area contributed by atoms with Crippen molar-refractivity contribution < 1.29 is 9.59 Å². The van der Waals surface area contributed by atoms with Crippen LogP contribution in [0, 0.1) is 0 Å². The molecule has 0 aliphatic carbocycles. The maximum Gasteiger partial charge on any atom is 0.250 e. The van der Waals surface area contributed by atoms with Crippen LogP contribution >= 0.6 is 11.6 Å². The van der Waals surface area contributed by atoms with E-state index in [1.54, 1.807) is 18.2 Å². The van der Waals surface area contributed by atoms with Crippen molar-refractivity contribution in [1.29, 1.82) is 0 Å². The second kappa shape index (κ2) is 6.80. The molecule has 0 bridgehead atoms. The molecule has 0 saturated carbocycles. The summed E-state index contributed by atoms with van der Waals surface area (Å²) in [5.41, 5.74) is 1.48. The van der Waals surface area contributed by atoms with Crippen LogP contribution < -0.4 is 15.5 Å². The average molecular weight is 310 g/mol. The zero-order chi connectivity index (χ0) is 15.4. The molecule has 1 heterocycles. The topological polar surface area (TPSA) is 61.4 Å². The molecule has 0 radical (unpaired) electrons. The number of carbonyl (C=O) groups is 2. The Morgan fingerprint density at radius 2 is 2.19 bits per heavy atom. The smallest absolute Gasteiger partial charge is 0.250 e. The molecule has 1 aliphatic rings. The summed E-state index contributed by atoms with van der Waals surface area (Å²) in [6.07, 6.45) is 1.52. The third kappa shape index (κ3) is 3.47. The number of benzene rings is 1. The minimum atomic E-state index is -0.324. The number of nitrogens with zero attached hydrogens (tertiary/aromatic N) is 1. The van der Waals surface area contributed by atoms with Crippen molar-refractivity contribution in [2.45, 2.75) is 32.7 Å². The van der Waals surface area contributed by atoms with E-state index >= 15 is 0 Å². The molecule has 2 N–H and O–H groups in total. The highest BCUT2D eigenvalue weighted by molar-refractivity contribution is 6.31. The Balaban J connectivity index is 2.25. The molecule has 1 unspecified atom stereocenters. The molecule has 1 aromatic carbocycles. The van der Waals surface area contributed by atoms with Crippen LogP contribution in [0.5, 0.6) is 0 Å². The van der Waals surface area contributed by atoms with Gasteiger partial charge in [0.25, 0.3) is 0 Å². The standard InChI is InChI=1S/C15H20ClN3O2/c1-3-7-17-14(20)9-19-13-6-5-10(16)8-12(13)18-11(4-2)15(19)21/h5-6,8,11,18H,3-4,7,9H2,1-2H3,(H,17,20). The Hall–Kier alpha value is -1.75. The van der Waals surface area contributed by atoms with E-state index in [1.165, 1.54) is 4.90 Å². The number of rotatable bonds is 5. The van der Waals surface area contributed by atoms with Gasteiger partial charge in [0.15, 0.2) is 0 Å². The number of anilines is 2. The van der Waals surface area contributed by atoms with Crippen LogP contribution in [0.25, 0.3) is 0 Å². The summed E-state index contributed by atoms with van der Waals surface area (Å²) in [4.78, 5) is 25.9. The SMILES string of the molecule is CCCNC(=O)CN1C(=O)C(CC)Nc2cc(Cl)ccc21. The number of hydrogen-bond acceptors (Lipinski definition) is 3. The van der Waals surface area contributed by atoms with E-state index < -0.39 is 0 Å². The third-order valence-electron chi connectivity index (χ3n) is 3.43. The Kier molecular flexibility index (Phi) is 5.07. The maximum atomic E-state index is 12.5. The second-order valence-electron chi connectivity index (χ2n) is 5.04. The lowest BCUT2D eigenvalue weighted by Crippen LogP contribution is -2.50. The molecule has 0 spiro atoms. The number of amides is 2. The molecule has 6 heteroatoms. The summed E-state index contributed by atoms with van der Waals surface area (Å²) in [5.74, 6) is -0.234. The molecule has 1 aliphatic heterocycles. The Bertz CT molecular complexity index is 548. The van der Waals surface area contributed by atoms with E-state index in [0.717, 1.165) is 12.1 Å². The highest BCUT2D eigenvalue weighted by Gasteiger charge is 2.32. The van der Waals surface area contributed by atoms with Crippen molar-refractivity contribution in [3.8, 4) is 0 Å². The van der Waals surface area contributed by atoms with Crippen molar-refractivity contribution in [1.82, 2.24) is 5.32 Å². The molecule has 1 aromatic rings. The van der Waals surface area contributed by atoms with Gasteiger partial charge in [0.2, 0.25) is 11.8 Å². The van der Waals surface area contributed by atoms with E-state index in [9.17, 15) is 9.59 Å². The van der Waals surface area contributed by atoms with Crippen LogP contribution in [-0.2, 0) is 9.59 Å². The van der Waals surface area contributed by atoms with Gasteiger partial charge in [-0.2, -0.15) is 0 Å². The van der Waals surface area contributed by atoms with Gasteiger partial charge in [-0.1, -0.05) is 25.4 Å². The van der Waals surface area contributed by atoms with E-state index in [1.807, 2.05) is 13.8 Å². The second-order valence-corrected chi connectivity index (χ2v) is 5.48. The van der Waals surface area contributed by atoms with Gasteiger partial charge < -0.3 is 10.6 Å². The fourth-order valence-electron chi connectivity index (χ4n) is 2.32. The molecular formula is C15H20ClN3O2. The van der Waals surface area contributed by atoms with Crippen LogP contribution in [0.2, 0.25) is 5.02 Å². The molecule has 0 fully saturated rings. The van der Waals surface area contributed by atoms with Crippen LogP contribution in [-0.4, -0.2) is 30.9 Å². The molecule has 0 saturated heterocycles. The molecule has 21 heavy (non-hydrogen) atoms. The normalized spacial score (nSPS) is 17.2. The molecular weight excluding hydrogens is 290 g/mol. The first-order valence-corrected chi connectivity index (χ1v) is 7.58. The molecule has 114 valence electrons. The highest BCUT2D eigenvalue weighted by atomic mass is 35.5. The average Bonchev–Trinajstić information content (AvgIpc) is 2.47. The Morgan fingerprint density at radius 1 is 1.43 bits per heavy atom. The first kappa shape index (κ1) is 15.6. The number of carbonyl (C=O) groups excluding carboxylic acids is 2. The molecule has 1 atom stereocenters. The largest absolute Gasteiger partial charge is 0.372 e. The number of halogens is 1. The minimum Gasteiger partial charge on any atom is -0.372 e. The van der Waals surface area contributed by atoms with Gasteiger partial charge in [-0.3, -0.25) is 14.5 Å². The zero-order valence-electron chi connectivity index (χ0n) is 12.3. The summed E-state index contributed by atoms with van der Waals surface area (Å²) >= 11 is 6.00. The fourth-order valence-corrected chi connectivity index (χ4v) is 2.49. The molecule has 2 amide bonds. The third-order valence-corrected chi connectivity index (χ3v) is 3.66. The molecule has 2 rings (SSSR count). The van der Waals surface area contributed by atoms with Crippen molar-refractivity contribution in [2.24, 2.45) is 0 Å². The van der Waals surface area contributed by atoms with Crippen LogP contribution in [0.4, 0.5) is 11.4 Å². The number of nitrogens with one attached hydrogen (secondary N) is 2. The first-order valence-electron chi connectivity index (χ1n) is 7.21. The maximum absolute atomic E-state index is 12.5. The minimum absolute atomic E-state index is 0.0334. The fraction of sp³-hybridized carbons (Fsp3) is 0.467. The zero-order valence-corrected chi connectivity index (χ0v) is 13.0. The lowest BCUT2D eigenvalue weighted by Gasteiger charge is -2.34. The molecule has 0 aromatic heterocycles. The Labute approximate surface area is 129 Å². The number of fused-ring (bicyclic) bond motifs is 1. The van der Waals surface area contributed by atoms with Gasteiger partial charge in [-0.25, -0.2) is 0 Å². The van der Waals surface area contributed by atoms with Crippen molar-refractivity contribution in [3.63, 3.8) is 0 Å². The predicted octanol–water partition coefficient (Wildman–Crippen LogP) is 2.40. The van der Waals surface area contributed by atoms with Gasteiger partial charge in [0.05, 0.1) is 11.4 Å². The summed E-state index contributed by atoms with van der Waals surface area (Å²) in [7, 11) is 0. The van der Waals surface area contributed by atoms with E-state index in [0.29, 0.717) is 23.7 Å². The number of hydrogen-bond donors (Lipinski definition) is 2. The summed E-state index contributed by atoms with van der Waals surface area (Å²) < 4.78 is 0. The van der Waals surface area contributed by atoms with Crippen molar-refractivity contribution in [2.75, 3.05) is 23.3 Å². The summed E-state index contributed by atoms with van der Waals surface area (Å²) in [6, 6.07) is 4.94. The van der Waals surface area contributed by atoms with Gasteiger partial charge in [-0.15, -0.1) is 0 Å². The van der Waals surface area contributed by atoms with Gasteiger partial charge >= 0.3 is 0 Å². The van der Waals surface area contributed by atoms with E-state index in [4.69, 9.17) is 11.6 Å². The monoisotopic (exact) mass is 309 g/mol. The first-order chi connectivity index (χ1) is 10.1. The van der Waals surface area contributed by atoms with Crippen LogP contribution in [0.3, 0.4) is 0 Å². The van der Waals surface area contributed by atoms with Crippen molar-refractivity contribution >= 4 is 34.8 Å². The lowest BCUT2D eigenvalue weighted by molar-refractivity contribution is -0.124. The lowest BCUT2D eigenvalue weighted by atomic mass is 10.1.